The van der Waals surface area contributed by atoms with Gasteiger partial charge in [0, 0.05) is 19.3 Å². The van der Waals surface area contributed by atoms with Gasteiger partial charge in [0.15, 0.2) is 9.84 Å². The van der Waals surface area contributed by atoms with Crippen LogP contribution in [0.3, 0.4) is 0 Å². The molecule has 1 fully saturated rings. The molecule has 2 aromatic rings. The number of hydrogen-bond acceptors (Lipinski definition) is 7. The summed E-state index contributed by atoms with van der Waals surface area (Å²) in [7, 11) is -12.2. The molecular weight excluding hydrogens is 454 g/mol. The lowest BCUT2D eigenvalue weighted by molar-refractivity contribution is -0.122. The average molecular weight is 474 g/mol. The molecule has 3 rings (SSSR count). The molecule has 1 saturated heterocycles. The van der Waals surface area contributed by atoms with E-state index in [4.69, 9.17) is 0 Å². The fourth-order valence-electron chi connectivity index (χ4n) is 2.88. The molecule has 2 aromatic carbocycles. The van der Waals surface area contributed by atoms with Crippen LogP contribution < -0.4 is 10.0 Å². The summed E-state index contributed by atoms with van der Waals surface area (Å²) in [5.74, 6) is -0.431. The number of benzene rings is 2. The second-order valence-electron chi connectivity index (χ2n) is 6.54. The quantitative estimate of drug-likeness (QED) is 0.601. The smallest absolute Gasteiger partial charge is 0.263 e. The van der Waals surface area contributed by atoms with Crippen molar-refractivity contribution >= 4 is 41.5 Å². The van der Waals surface area contributed by atoms with Crippen LogP contribution in [0.5, 0.6) is 0 Å². The second kappa shape index (κ2) is 7.98. The molecular formula is C17H19N3O7S3. The van der Waals surface area contributed by atoms with Crippen LogP contribution in [-0.4, -0.2) is 61.4 Å². The maximum absolute atomic E-state index is 12.8. The zero-order chi connectivity index (χ0) is 22.2. The van der Waals surface area contributed by atoms with Crippen LogP contribution in [0, 0.1) is 0 Å². The van der Waals surface area contributed by atoms with Crippen molar-refractivity contribution in [2.45, 2.75) is 14.7 Å². The number of rotatable bonds is 6. The summed E-state index contributed by atoms with van der Waals surface area (Å²) in [4.78, 5) is 10.5. The molecule has 10 nitrogen and oxygen atoms in total. The van der Waals surface area contributed by atoms with Crippen molar-refractivity contribution in [1.82, 2.24) is 9.62 Å². The van der Waals surface area contributed by atoms with Crippen LogP contribution in [0.1, 0.15) is 0 Å². The molecule has 1 aliphatic rings. The van der Waals surface area contributed by atoms with Crippen molar-refractivity contribution in [3.63, 3.8) is 0 Å². The van der Waals surface area contributed by atoms with E-state index in [2.05, 4.69) is 10.0 Å². The molecule has 13 heteroatoms. The van der Waals surface area contributed by atoms with E-state index in [0.717, 1.165) is 22.7 Å². The van der Waals surface area contributed by atoms with Gasteiger partial charge in [-0.3, -0.25) is 9.52 Å². The van der Waals surface area contributed by atoms with Gasteiger partial charge in [-0.25, -0.2) is 25.3 Å². The molecule has 30 heavy (non-hydrogen) atoms. The largest absolute Gasteiger partial charge is 0.354 e. The topological polar surface area (TPSA) is 147 Å². The van der Waals surface area contributed by atoms with E-state index in [1.165, 1.54) is 36.4 Å². The number of nitrogens with one attached hydrogen (secondary N) is 2. The second-order valence-corrected chi connectivity index (χ2v) is 12.1. The SMILES string of the molecule is CS(=O)(=O)c1ccccc1S(=O)(=O)Nc1cccc(S(=O)(=O)N2CCNC(=O)C2)c1. The third-order valence-electron chi connectivity index (χ3n) is 4.27. The summed E-state index contributed by atoms with van der Waals surface area (Å²) in [5, 5.41) is 2.53. The molecule has 2 N–H and O–H groups in total. The van der Waals surface area contributed by atoms with E-state index in [1.807, 2.05) is 0 Å². The van der Waals surface area contributed by atoms with Gasteiger partial charge in [-0.15, -0.1) is 0 Å². The van der Waals surface area contributed by atoms with Crippen LogP contribution in [-0.2, 0) is 34.7 Å². The standard InChI is InChI=1S/C17H19N3O7S3/c1-28(22,23)15-7-2-3-8-16(15)29(24,25)19-13-5-4-6-14(11-13)30(26,27)20-10-9-18-17(21)12-20/h2-8,11,19H,9-10,12H2,1H3,(H,18,21). The number of sulfone groups is 1. The van der Waals surface area contributed by atoms with Crippen molar-refractivity contribution in [1.29, 1.82) is 0 Å². The average Bonchev–Trinajstić information content (AvgIpc) is 2.67. The maximum Gasteiger partial charge on any atom is 0.263 e. The highest BCUT2D eigenvalue weighted by Crippen LogP contribution is 2.25. The Balaban J connectivity index is 1.95. The van der Waals surface area contributed by atoms with Crippen molar-refractivity contribution in [2.75, 3.05) is 30.6 Å². The normalized spacial score (nSPS) is 16.1. The van der Waals surface area contributed by atoms with E-state index < -0.39 is 40.7 Å². The molecule has 1 aliphatic heterocycles. The van der Waals surface area contributed by atoms with Gasteiger partial charge in [0.2, 0.25) is 15.9 Å². The lowest BCUT2D eigenvalue weighted by Gasteiger charge is -2.26. The number of carbonyl (C=O) groups excluding carboxylic acids is 1. The Labute approximate surface area is 174 Å². The van der Waals surface area contributed by atoms with Crippen molar-refractivity contribution in [3.8, 4) is 0 Å². The Bertz CT molecular complexity index is 1300. The Morgan fingerprint density at radius 1 is 0.933 bits per heavy atom. The third kappa shape index (κ3) is 4.64. The van der Waals surface area contributed by atoms with Crippen LogP contribution in [0.15, 0.2) is 63.2 Å². The highest BCUT2D eigenvalue weighted by molar-refractivity contribution is 7.95. The summed E-state index contributed by atoms with van der Waals surface area (Å²) in [5.41, 5.74) is -0.0687. The highest BCUT2D eigenvalue weighted by atomic mass is 32.2. The predicted octanol–water partition coefficient (Wildman–Crippen LogP) is 0.0114. The minimum absolute atomic E-state index is 0.0687. The van der Waals surface area contributed by atoms with Gasteiger partial charge >= 0.3 is 0 Å². The number of sulfonamides is 2. The van der Waals surface area contributed by atoms with Gasteiger partial charge in [0.1, 0.15) is 4.90 Å². The summed E-state index contributed by atoms with van der Waals surface area (Å²) >= 11 is 0. The van der Waals surface area contributed by atoms with E-state index >= 15 is 0 Å². The minimum Gasteiger partial charge on any atom is -0.354 e. The molecule has 0 unspecified atom stereocenters. The molecule has 0 spiro atoms. The first-order valence-corrected chi connectivity index (χ1v) is 13.4. The van der Waals surface area contributed by atoms with E-state index in [9.17, 15) is 30.0 Å². The van der Waals surface area contributed by atoms with Crippen molar-refractivity contribution in [2.24, 2.45) is 0 Å². The third-order valence-corrected chi connectivity index (χ3v) is 8.83. The van der Waals surface area contributed by atoms with Gasteiger partial charge in [0.05, 0.1) is 22.0 Å². The zero-order valence-corrected chi connectivity index (χ0v) is 18.2. The van der Waals surface area contributed by atoms with Gasteiger partial charge in [-0.1, -0.05) is 18.2 Å². The van der Waals surface area contributed by atoms with Crippen molar-refractivity contribution < 1.29 is 30.0 Å². The molecule has 0 bridgehead atoms. The summed E-state index contributed by atoms with van der Waals surface area (Å²) < 4.78 is 78.2. The van der Waals surface area contributed by atoms with Gasteiger partial charge < -0.3 is 5.32 Å². The summed E-state index contributed by atoms with van der Waals surface area (Å²) in [6.07, 6.45) is 0.892. The van der Waals surface area contributed by atoms with Gasteiger partial charge in [0.25, 0.3) is 10.0 Å². The molecule has 0 atom stereocenters. The number of carbonyl (C=O) groups is 1. The maximum atomic E-state index is 12.8. The molecule has 0 aliphatic carbocycles. The minimum atomic E-state index is -4.32. The van der Waals surface area contributed by atoms with Crippen LogP contribution in [0.25, 0.3) is 0 Å². The monoisotopic (exact) mass is 473 g/mol. The fourth-order valence-corrected chi connectivity index (χ4v) is 7.00. The number of anilines is 1. The molecule has 0 saturated carbocycles. The number of piperazine rings is 1. The lowest BCUT2D eigenvalue weighted by atomic mass is 10.3. The summed E-state index contributed by atoms with van der Waals surface area (Å²) in [6.45, 7) is -0.0710. The Morgan fingerprint density at radius 3 is 2.23 bits per heavy atom. The van der Waals surface area contributed by atoms with E-state index in [-0.39, 0.29) is 35.1 Å². The number of nitrogens with zero attached hydrogens (tertiary/aromatic N) is 1. The van der Waals surface area contributed by atoms with E-state index in [1.54, 1.807) is 0 Å². The molecule has 1 heterocycles. The molecule has 162 valence electrons. The van der Waals surface area contributed by atoms with Crippen molar-refractivity contribution in [3.05, 3.63) is 48.5 Å². The zero-order valence-electron chi connectivity index (χ0n) is 15.8. The van der Waals surface area contributed by atoms with Crippen LogP contribution in [0.2, 0.25) is 0 Å². The first-order valence-electron chi connectivity index (χ1n) is 8.60. The lowest BCUT2D eigenvalue weighted by Crippen LogP contribution is -2.49. The predicted molar refractivity (Wildman–Crippen MR) is 109 cm³/mol. The molecule has 0 radical (unpaired) electrons. The van der Waals surface area contributed by atoms with E-state index in [0.29, 0.717) is 0 Å². The Hall–Kier alpha value is -2.48. The Morgan fingerprint density at radius 2 is 1.60 bits per heavy atom. The first-order chi connectivity index (χ1) is 13.9. The Kier molecular flexibility index (Phi) is 5.91. The van der Waals surface area contributed by atoms with Gasteiger partial charge in [-0.05, 0) is 30.3 Å². The van der Waals surface area contributed by atoms with Crippen LogP contribution >= 0.6 is 0 Å². The fraction of sp³-hybridized carbons (Fsp3) is 0.235. The highest BCUT2D eigenvalue weighted by Gasteiger charge is 2.30. The first kappa shape index (κ1) is 22.2. The molecule has 1 amide bonds. The summed E-state index contributed by atoms with van der Waals surface area (Å²) in [6, 6.07) is 10.2. The van der Waals surface area contributed by atoms with Gasteiger partial charge in [-0.2, -0.15) is 4.31 Å². The number of hydrogen-bond donors (Lipinski definition) is 2. The molecule has 0 aromatic heterocycles. The van der Waals surface area contributed by atoms with Crippen LogP contribution in [0.4, 0.5) is 5.69 Å². The number of amides is 1.